The first-order valence-corrected chi connectivity index (χ1v) is 7.56. The number of alkyl halides is 2. The van der Waals surface area contributed by atoms with Crippen LogP contribution in [0.25, 0.3) is 0 Å². The Balaban J connectivity index is 1.84. The Kier molecular flexibility index (Phi) is 3.35. The number of nitrogens with zero attached hydrogens (tertiary/aromatic N) is 2. The van der Waals surface area contributed by atoms with E-state index < -0.39 is 15.9 Å². The number of halogens is 2. The van der Waals surface area contributed by atoms with Crippen LogP contribution in [0.1, 0.15) is 24.5 Å². The van der Waals surface area contributed by atoms with Crippen LogP contribution in [0.15, 0.2) is 24.3 Å². The largest absolute Gasteiger partial charge is 0.325 e. The lowest BCUT2D eigenvalue weighted by Gasteiger charge is -2.22. The smallest absolute Gasteiger partial charge is 0.319 e. The molecule has 5 nitrogen and oxygen atoms in total. The summed E-state index contributed by atoms with van der Waals surface area (Å²) in [6, 6.07) is 8.14. The fourth-order valence-electron chi connectivity index (χ4n) is 2.62. The summed E-state index contributed by atoms with van der Waals surface area (Å²) < 4.78 is -0.839. The zero-order chi connectivity index (χ0) is 16.1. The number of imide groups is 1. The van der Waals surface area contributed by atoms with Crippen LogP contribution in [0.5, 0.6) is 0 Å². The molecule has 0 radical (unpaired) electrons. The van der Waals surface area contributed by atoms with Gasteiger partial charge in [0.25, 0.3) is 5.91 Å². The second-order valence-electron chi connectivity index (χ2n) is 5.82. The summed E-state index contributed by atoms with van der Waals surface area (Å²) in [6.07, 6.45) is 0.570. The summed E-state index contributed by atoms with van der Waals surface area (Å²) >= 11 is 11.9. The van der Waals surface area contributed by atoms with E-state index in [4.69, 9.17) is 28.5 Å². The molecule has 3 amide bonds. The molecule has 0 spiro atoms. The molecule has 1 aromatic rings. The van der Waals surface area contributed by atoms with Crippen LogP contribution < -0.4 is 5.32 Å². The van der Waals surface area contributed by atoms with E-state index >= 15 is 0 Å². The van der Waals surface area contributed by atoms with Crippen molar-refractivity contribution < 1.29 is 9.59 Å². The third kappa shape index (κ3) is 2.33. The van der Waals surface area contributed by atoms with Crippen molar-refractivity contribution in [3.63, 3.8) is 0 Å². The SMILES string of the molecule is C[C@]1(c2ccc(C#N)cc2)NC(=O)N(C[C@H]2CC2(Cl)Cl)C1=O. The summed E-state index contributed by atoms with van der Waals surface area (Å²) in [6.45, 7) is 1.86. The molecule has 0 bridgehead atoms. The summed E-state index contributed by atoms with van der Waals surface area (Å²) in [4.78, 5) is 25.9. The van der Waals surface area contributed by atoms with Gasteiger partial charge in [-0.25, -0.2) is 4.79 Å². The molecule has 2 aliphatic rings. The van der Waals surface area contributed by atoms with E-state index in [1.807, 2.05) is 6.07 Å². The minimum Gasteiger partial charge on any atom is -0.319 e. The van der Waals surface area contributed by atoms with Gasteiger partial charge in [-0.15, -0.1) is 23.2 Å². The Morgan fingerprint density at radius 2 is 1.95 bits per heavy atom. The maximum absolute atomic E-state index is 12.7. The standard InChI is InChI=1S/C15H13Cl2N3O2/c1-14(10-4-2-9(7-18)3-5-10)12(21)20(13(22)19-14)8-11-6-15(11,16)17/h2-5,11H,6,8H2,1H3,(H,19,22)/t11-,14-/m1/s1. The minimum atomic E-state index is -1.14. The highest BCUT2D eigenvalue weighted by molar-refractivity contribution is 6.50. The van der Waals surface area contributed by atoms with Gasteiger partial charge in [0.15, 0.2) is 0 Å². The zero-order valence-corrected chi connectivity index (χ0v) is 13.3. The quantitative estimate of drug-likeness (QED) is 0.680. The Bertz CT molecular complexity index is 696. The summed E-state index contributed by atoms with van der Waals surface area (Å²) in [5.74, 6) is -0.424. The van der Waals surface area contributed by atoms with Crippen molar-refractivity contribution in [2.24, 2.45) is 5.92 Å². The maximum atomic E-state index is 12.7. The van der Waals surface area contributed by atoms with Crippen molar-refractivity contribution in [2.75, 3.05) is 6.54 Å². The van der Waals surface area contributed by atoms with Crippen LogP contribution >= 0.6 is 23.2 Å². The van der Waals surface area contributed by atoms with E-state index in [1.54, 1.807) is 31.2 Å². The number of nitrogens with one attached hydrogen (secondary N) is 1. The molecule has 7 heteroatoms. The predicted octanol–water partition coefficient (Wildman–Crippen LogP) is 2.52. The van der Waals surface area contributed by atoms with Gasteiger partial charge in [0, 0.05) is 12.5 Å². The van der Waals surface area contributed by atoms with Gasteiger partial charge in [0.05, 0.1) is 11.6 Å². The third-order valence-corrected chi connectivity index (χ3v) is 5.15. The summed E-state index contributed by atoms with van der Waals surface area (Å²) in [7, 11) is 0. The lowest BCUT2D eigenvalue weighted by atomic mass is 9.91. The highest BCUT2D eigenvalue weighted by atomic mass is 35.5. The van der Waals surface area contributed by atoms with E-state index in [0.29, 0.717) is 17.5 Å². The molecule has 0 aromatic heterocycles. The molecule has 1 saturated carbocycles. The van der Waals surface area contributed by atoms with Crippen molar-refractivity contribution in [3.05, 3.63) is 35.4 Å². The molecule has 22 heavy (non-hydrogen) atoms. The molecule has 1 aromatic carbocycles. The molecule has 2 atom stereocenters. The molecule has 1 aliphatic heterocycles. The molecule has 114 valence electrons. The van der Waals surface area contributed by atoms with Crippen LogP contribution in [-0.4, -0.2) is 27.7 Å². The molecule has 1 N–H and O–H groups in total. The fourth-order valence-corrected chi connectivity index (χ4v) is 3.14. The monoisotopic (exact) mass is 337 g/mol. The number of urea groups is 1. The molecule has 1 heterocycles. The Labute approximate surface area is 137 Å². The Morgan fingerprint density at radius 3 is 2.45 bits per heavy atom. The highest BCUT2D eigenvalue weighted by Crippen LogP contribution is 2.53. The number of hydrogen-bond donors (Lipinski definition) is 1. The number of hydrogen-bond acceptors (Lipinski definition) is 3. The van der Waals surface area contributed by atoms with Crippen molar-refractivity contribution in [3.8, 4) is 6.07 Å². The first-order chi connectivity index (χ1) is 10.3. The number of benzene rings is 1. The van der Waals surface area contributed by atoms with Gasteiger partial charge in [0.2, 0.25) is 0 Å². The van der Waals surface area contributed by atoms with Crippen LogP contribution in [0.2, 0.25) is 0 Å². The van der Waals surface area contributed by atoms with Gasteiger partial charge < -0.3 is 5.32 Å². The average Bonchev–Trinajstić information content (AvgIpc) is 3.03. The van der Waals surface area contributed by atoms with Crippen molar-refractivity contribution in [1.29, 1.82) is 5.26 Å². The normalized spacial score (nSPS) is 29.2. The van der Waals surface area contributed by atoms with Crippen molar-refractivity contribution >= 4 is 35.1 Å². The number of carbonyl (C=O) groups is 2. The van der Waals surface area contributed by atoms with Crippen molar-refractivity contribution in [1.82, 2.24) is 10.2 Å². The highest BCUT2D eigenvalue weighted by Gasteiger charge is 2.56. The van der Waals surface area contributed by atoms with Gasteiger partial charge in [-0.3, -0.25) is 9.69 Å². The molecule has 1 saturated heterocycles. The van der Waals surface area contributed by atoms with Crippen molar-refractivity contribution in [2.45, 2.75) is 23.2 Å². The molecular formula is C15H13Cl2N3O2. The van der Waals surface area contributed by atoms with E-state index in [0.717, 1.165) is 4.90 Å². The number of amides is 3. The number of rotatable bonds is 3. The zero-order valence-electron chi connectivity index (χ0n) is 11.8. The average molecular weight is 338 g/mol. The van der Waals surface area contributed by atoms with E-state index in [9.17, 15) is 9.59 Å². The lowest BCUT2D eigenvalue weighted by molar-refractivity contribution is -0.131. The number of carbonyl (C=O) groups excluding carboxylic acids is 2. The van der Waals surface area contributed by atoms with Crippen LogP contribution in [-0.2, 0) is 10.3 Å². The molecule has 2 fully saturated rings. The topological polar surface area (TPSA) is 73.2 Å². The van der Waals surface area contributed by atoms with Gasteiger partial charge in [0.1, 0.15) is 9.87 Å². The van der Waals surface area contributed by atoms with Gasteiger partial charge >= 0.3 is 6.03 Å². The number of nitriles is 1. The van der Waals surface area contributed by atoms with E-state index in [1.165, 1.54) is 0 Å². The molecule has 3 rings (SSSR count). The van der Waals surface area contributed by atoms with Gasteiger partial charge in [-0.2, -0.15) is 5.26 Å². The first kappa shape index (κ1) is 15.1. The van der Waals surface area contributed by atoms with Crippen LogP contribution in [0, 0.1) is 17.2 Å². The third-order valence-electron chi connectivity index (χ3n) is 4.22. The summed E-state index contributed by atoms with van der Waals surface area (Å²) in [5.41, 5.74) is -0.0134. The maximum Gasteiger partial charge on any atom is 0.325 e. The summed E-state index contributed by atoms with van der Waals surface area (Å²) in [5, 5.41) is 11.5. The Morgan fingerprint density at radius 1 is 1.36 bits per heavy atom. The predicted molar refractivity (Wildman–Crippen MR) is 81.3 cm³/mol. The van der Waals surface area contributed by atoms with Gasteiger partial charge in [-0.05, 0) is 31.0 Å². The van der Waals surface area contributed by atoms with Crippen LogP contribution in [0.4, 0.5) is 4.79 Å². The van der Waals surface area contributed by atoms with E-state index in [2.05, 4.69) is 5.32 Å². The van der Waals surface area contributed by atoms with E-state index in [-0.39, 0.29) is 18.4 Å². The second-order valence-corrected chi connectivity index (χ2v) is 7.36. The van der Waals surface area contributed by atoms with Crippen LogP contribution in [0.3, 0.4) is 0 Å². The fraction of sp³-hybridized carbons (Fsp3) is 0.400. The minimum absolute atomic E-state index is 0.0890. The second kappa shape index (κ2) is 4.87. The Hall–Kier alpha value is -1.77. The lowest BCUT2D eigenvalue weighted by Crippen LogP contribution is -2.41. The first-order valence-electron chi connectivity index (χ1n) is 6.80. The molecule has 0 unspecified atom stereocenters. The van der Waals surface area contributed by atoms with Gasteiger partial charge in [-0.1, -0.05) is 12.1 Å². The molecular weight excluding hydrogens is 325 g/mol. The molecule has 1 aliphatic carbocycles.